The summed E-state index contributed by atoms with van der Waals surface area (Å²) >= 11 is 5.90. The average molecular weight is 493 g/mol. The van der Waals surface area contributed by atoms with Gasteiger partial charge in [-0.3, -0.25) is 9.78 Å². The van der Waals surface area contributed by atoms with Crippen LogP contribution in [0.15, 0.2) is 77.8 Å². The first-order valence-electron chi connectivity index (χ1n) is 9.50. The number of hydrogen-bond donors (Lipinski definition) is 0. The molecule has 0 fully saturated rings. The van der Waals surface area contributed by atoms with Crippen LogP contribution in [0.5, 0.6) is 0 Å². The molecule has 0 amide bonds. The van der Waals surface area contributed by atoms with Crippen molar-refractivity contribution in [3.05, 3.63) is 94.8 Å². The summed E-state index contributed by atoms with van der Waals surface area (Å²) in [5.41, 5.74) is 1.45. The van der Waals surface area contributed by atoms with Crippen LogP contribution >= 0.6 is 11.6 Å². The molecule has 3 rings (SSSR count). The molecule has 0 radical (unpaired) electrons. The second-order valence-electron chi connectivity index (χ2n) is 7.24. The second kappa shape index (κ2) is 9.91. The Bertz CT molecular complexity index is 1290. The highest BCUT2D eigenvalue weighted by Crippen LogP contribution is 2.22. The fourth-order valence-electron chi connectivity index (χ4n) is 2.97. The molecule has 0 aliphatic carbocycles. The summed E-state index contributed by atoms with van der Waals surface area (Å²) in [6, 6.07) is 17.4. The van der Waals surface area contributed by atoms with Gasteiger partial charge in [0.05, 0.1) is 17.1 Å². The third-order valence-electron chi connectivity index (χ3n) is 4.54. The normalized spacial score (nSPS) is 12.1. The number of nitrogens with zero attached hydrogens (tertiary/aromatic N) is 2. The quantitative estimate of drug-likeness (QED) is 0.424. The van der Waals surface area contributed by atoms with Crippen LogP contribution in [0.2, 0.25) is 5.02 Å². The van der Waals surface area contributed by atoms with E-state index < -0.39 is 31.4 Å². The zero-order valence-corrected chi connectivity index (χ0v) is 19.6. The molecule has 0 N–H and O–H groups in total. The van der Waals surface area contributed by atoms with Crippen LogP contribution in [0, 0.1) is 0 Å². The van der Waals surface area contributed by atoms with Crippen molar-refractivity contribution in [1.82, 2.24) is 9.29 Å². The molecule has 1 heterocycles. The van der Waals surface area contributed by atoms with Gasteiger partial charge in [-0.05, 0) is 42.0 Å². The number of carbonyl (C=O) groups excluding carboxylic acids is 1. The van der Waals surface area contributed by atoms with E-state index in [1.807, 2.05) is 0 Å². The Labute approximate surface area is 192 Å². The molecule has 0 saturated carbocycles. The van der Waals surface area contributed by atoms with Gasteiger partial charge >= 0.3 is 0 Å². The topological polar surface area (TPSA) is 101 Å². The maximum Gasteiger partial charge on any atom is 0.243 e. The molecule has 0 bridgehead atoms. The number of carbonyl (C=O) groups is 1. The van der Waals surface area contributed by atoms with Gasteiger partial charge in [0.25, 0.3) is 0 Å². The van der Waals surface area contributed by atoms with Gasteiger partial charge in [-0.2, -0.15) is 4.31 Å². The lowest BCUT2D eigenvalue weighted by molar-refractivity contribution is 0.102. The number of sulfone groups is 1. The SMILES string of the molecule is CS(=O)(=O)CC(=O)c1ccc(CN(Cc2ccccn2)S(=O)(=O)c2ccc(Cl)cc2)cc1. The van der Waals surface area contributed by atoms with Gasteiger partial charge in [-0.25, -0.2) is 16.8 Å². The maximum atomic E-state index is 13.3. The number of benzene rings is 2. The fourth-order valence-corrected chi connectivity index (χ4v) is 5.14. The van der Waals surface area contributed by atoms with Crippen molar-refractivity contribution in [2.45, 2.75) is 18.0 Å². The number of sulfonamides is 1. The van der Waals surface area contributed by atoms with Gasteiger partial charge in [-0.1, -0.05) is 41.9 Å². The Hall–Kier alpha value is -2.59. The molecule has 0 aliphatic heterocycles. The van der Waals surface area contributed by atoms with Crippen molar-refractivity contribution in [2.24, 2.45) is 0 Å². The van der Waals surface area contributed by atoms with Crippen LogP contribution in [-0.4, -0.2) is 43.9 Å². The minimum Gasteiger partial charge on any atom is -0.293 e. The number of rotatable bonds is 9. The van der Waals surface area contributed by atoms with Gasteiger partial charge in [-0.15, -0.1) is 0 Å². The minimum atomic E-state index is -3.88. The predicted molar refractivity (Wildman–Crippen MR) is 123 cm³/mol. The molecule has 32 heavy (non-hydrogen) atoms. The summed E-state index contributed by atoms with van der Waals surface area (Å²) in [6.07, 6.45) is 2.58. The number of ketones is 1. The summed E-state index contributed by atoms with van der Waals surface area (Å²) in [4.78, 5) is 16.4. The lowest BCUT2D eigenvalue weighted by atomic mass is 10.1. The predicted octanol–water partition coefficient (Wildman–Crippen LogP) is 3.35. The highest BCUT2D eigenvalue weighted by Gasteiger charge is 2.25. The number of hydrogen-bond acceptors (Lipinski definition) is 6. The van der Waals surface area contributed by atoms with E-state index in [0.29, 0.717) is 16.3 Å². The van der Waals surface area contributed by atoms with E-state index in [1.165, 1.54) is 40.7 Å². The molecule has 0 unspecified atom stereocenters. The van der Waals surface area contributed by atoms with Crippen molar-refractivity contribution in [3.63, 3.8) is 0 Å². The zero-order valence-electron chi connectivity index (χ0n) is 17.2. The lowest BCUT2D eigenvalue weighted by Gasteiger charge is -2.22. The highest BCUT2D eigenvalue weighted by molar-refractivity contribution is 7.91. The fraction of sp³-hybridized carbons (Fsp3) is 0.182. The van der Waals surface area contributed by atoms with Crippen molar-refractivity contribution in [1.29, 1.82) is 0 Å². The van der Waals surface area contributed by atoms with Crippen molar-refractivity contribution < 1.29 is 21.6 Å². The maximum absolute atomic E-state index is 13.3. The molecular formula is C22H21ClN2O5S2. The number of Topliss-reactive ketones (excluding diaryl/α,β-unsaturated/α-hetero) is 1. The van der Waals surface area contributed by atoms with Crippen LogP contribution in [0.25, 0.3) is 0 Å². The molecule has 1 aromatic heterocycles. The Morgan fingerprint density at radius 2 is 1.56 bits per heavy atom. The van der Waals surface area contributed by atoms with Gasteiger partial charge in [0.1, 0.15) is 5.75 Å². The largest absolute Gasteiger partial charge is 0.293 e. The molecule has 10 heteroatoms. The van der Waals surface area contributed by atoms with Gasteiger partial charge < -0.3 is 0 Å². The molecule has 0 saturated heterocycles. The molecule has 2 aromatic carbocycles. The van der Waals surface area contributed by atoms with Crippen LogP contribution in [-0.2, 0) is 33.0 Å². The van der Waals surface area contributed by atoms with Gasteiger partial charge in [0, 0.05) is 29.6 Å². The van der Waals surface area contributed by atoms with E-state index in [0.717, 1.165) is 6.26 Å². The summed E-state index contributed by atoms with van der Waals surface area (Å²) < 4.78 is 50.6. The smallest absolute Gasteiger partial charge is 0.243 e. The summed E-state index contributed by atoms with van der Waals surface area (Å²) in [6.45, 7) is 0.0721. The molecule has 0 atom stereocenters. The van der Waals surface area contributed by atoms with E-state index in [-0.39, 0.29) is 23.5 Å². The van der Waals surface area contributed by atoms with E-state index >= 15 is 0 Å². The monoisotopic (exact) mass is 492 g/mol. The first-order chi connectivity index (χ1) is 15.0. The second-order valence-corrected chi connectivity index (χ2v) is 11.8. The van der Waals surface area contributed by atoms with Crippen molar-refractivity contribution in [3.8, 4) is 0 Å². The lowest BCUT2D eigenvalue weighted by Crippen LogP contribution is -2.30. The molecule has 7 nitrogen and oxygen atoms in total. The average Bonchev–Trinajstić information content (AvgIpc) is 2.73. The molecule has 0 aliphatic rings. The summed E-state index contributed by atoms with van der Waals surface area (Å²) in [5, 5.41) is 0.426. The Balaban J connectivity index is 1.89. The third-order valence-corrected chi connectivity index (χ3v) is 7.39. The molecule has 0 spiro atoms. The third kappa shape index (κ3) is 6.46. The molecular weight excluding hydrogens is 472 g/mol. The highest BCUT2D eigenvalue weighted by atomic mass is 35.5. The molecule has 168 valence electrons. The first kappa shape index (κ1) is 24.1. The Morgan fingerprint density at radius 3 is 2.12 bits per heavy atom. The standard InChI is InChI=1S/C22H21ClN2O5S2/c1-31(27,28)16-22(26)18-7-5-17(6-8-18)14-25(15-20-4-2-3-13-24-20)32(29,30)21-11-9-19(23)10-12-21/h2-13H,14-16H2,1H3. The first-order valence-corrected chi connectivity index (χ1v) is 13.4. The van der Waals surface area contributed by atoms with Crippen molar-refractivity contribution in [2.75, 3.05) is 12.0 Å². The van der Waals surface area contributed by atoms with Crippen LogP contribution in [0.4, 0.5) is 0 Å². The van der Waals surface area contributed by atoms with Crippen molar-refractivity contribution >= 4 is 37.2 Å². The van der Waals surface area contributed by atoms with Gasteiger partial charge in [0.2, 0.25) is 10.0 Å². The Morgan fingerprint density at radius 1 is 0.906 bits per heavy atom. The number of aromatic nitrogens is 1. The van der Waals surface area contributed by atoms with Crippen LogP contribution in [0.3, 0.4) is 0 Å². The minimum absolute atomic E-state index is 0.0298. The van der Waals surface area contributed by atoms with Gasteiger partial charge in [0.15, 0.2) is 15.6 Å². The zero-order chi connectivity index (χ0) is 23.4. The van der Waals surface area contributed by atoms with E-state index in [4.69, 9.17) is 11.6 Å². The molecule has 3 aromatic rings. The summed E-state index contributed by atoms with van der Waals surface area (Å²) in [7, 11) is -7.32. The van der Waals surface area contributed by atoms with E-state index in [9.17, 15) is 21.6 Å². The Kier molecular flexibility index (Phi) is 7.45. The van der Waals surface area contributed by atoms with Crippen LogP contribution in [0.1, 0.15) is 21.6 Å². The number of halogens is 1. The van der Waals surface area contributed by atoms with E-state index in [1.54, 1.807) is 36.5 Å². The number of pyridine rings is 1. The van der Waals surface area contributed by atoms with E-state index in [2.05, 4.69) is 4.98 Å². The van der Waals surface area contributed by atoms with Crippen LogP contribution < -0.4 is 0 Å². The summed E-state index contributed by atoms with van der Waals surface area (Å²) in [5.74, 6) is -1.10.